The molecule has 1 saturated carbocycles. The summed E-state index contributed by atoms with van der Waals surface area (Å²) in [5.41, 5.74) is 1.30. The Hall–Kier alpha value is -1.52. The topological polar surface area (TPSA) is 82.2 Å². The van der Waals surface area contributed by atoms with Gasteiger partial charge in [0.15, 0.2) is 0 Å². The lowest BCUT2D eigenvalue weighted by Gasteiger charge is -2.37. The summed E-state index contributed by atoms with van der Waals surface area (Å²) in [4.78, 5) is 44.2. The maximum absolute atomic E-state index is 12.8. The third kappa shape index (κ3) is 13.0. The van der Waals surface area contributed by atoms with Crippen molar-refractivity contribution in [2.75, 3.05) is 63.1 Å². The van der Waals surface area contributed by atoms with Crippen LogP contribution in [0, 0.1) is 11.3 Å². The normalized spacial score (nSPS) is 22.5. The van der Waals surface area contributed by atoms with Gasteiger partial charge in [-0.2, -0.15) is 0 Å². The predicted molar refractivity (Wildman–Crippen MR) is 199 cm³/mol. The predicted octanol–water partition coefficient (Wildman–Crippen LogP) is 7.44. The summed E-state index contributed by atoms with van der Waals surface area (Å²) in [6.07, 6.45) is 10.8. The number of likely N-dealkylation sites (tertiary alicyclic amines) is 1. The summed E-state index contributed by atoms with van der Waals surface area (Å²) in [6, 6.07) is 6.12. The molecule has 4 rings (SSSR count). The van der Waals surface area contributed by atoms with Gasteiger partial charge < -0.3 is 15.0 Å². The Balaban J connectivity index is 0.992. The number of halogens is 2. The number of nitrogens with zero attached hydrogens (tertiary/aromatic N) is 3. The first kappa shape index (κ1) is 39.3. The number of ether oxygens (including phenoxy) is 1. The van der Waals surface area contributed by atoms with Gasteiger partial charge in [0.2, 0.25) is 17.7 Å². The Morgan fingerprint density at radius 2 is 1.71 bits per heavy atom. The van der Waals surface area contributed by atoms with Gasteiger partial charge in [-0.25, -0.2) is 0 Å². The molecule has 1 aromatic rings. The largest absolute Gasteiger partial charge is 0.381 e. The van der Waals surface area contributed by atoms with Gasteiger partial charge >= 0.3 is 0 Å². The molecule has 1 N–H and O–H groups in total. The van der Waals surface area contributed by atoms with E-state index in [4.69, 9.17) is 27.9 Å². The van der Waals surface area contributed by atoms with Crippen LogP contribution in [0.3, 0.4) is 0 Å². The molecule has 2 aliphatic heterocycles. The Morgan fingerprint density at radius 1 is 0.958 bits per heavy atom. The van der Waals surface area contributed by atoms with E-state index in [1.54, 1.807) is 11.8 Å². The van der Waals surface area contributed by atoms with E-state index in [1.807, 2.05) is 18.2 Å². The summed E-state index contributed by atoms with van der Waals surface area (Å²) in [5, 5.41) is 4.26. The highest BCUT2D eigenvalue weighted by molar-refractivity contribution is 8.00. The molecule has 1 atom stereocenters. The Labute approximate surface area is 303 Å². The van der Waals surface area contributed by atoms with Crippen molar-refractivity contribution in [3.05, 3.63) is 28.2 Å². The molecule has 3 amide bonds. The van der Waals surface area contributed by atoms with Crippen molar-refractivity contribution in [3.63, 3.8) is 0 Å². The van der Waals surface area contributed by atoms with Crippen LogP contribution >= 0.6 is 35.0 Å². The molecule has 2 heterocycles. The van der Waals surface area contributed by atoms with Crippen molar-refractivity contribution < 1.29 is 19.1 Å². The molecule has 1 aliphatic carbocycles. The third-order valence-electron chi connectivity index (χ3n) is 9.95. The van der Waals surface area contributed by atoms with E-state index >= 15 is 0 Å². The highest BCUT2D eigenvalue weighted by Gasteiger charge is 2.38. The number of rotatable bonds is 18. The number of amides is 3. The lowest BCUT2D eigenvalue weighted by molar-refractivity contribution is -0.138. The van der Waals surface area contributed by atoms with Crippen LogP contribution in [0.15, 0.2) is 18.2 Å². The monoisotopic (exact) mass is 724 g/mol. The van der Waals surface area contributed by atoms with E-state index in [2.05, 4.69) is 35.9 Å². The molecule has 2 saturated heterocycles. The van der Waals surface area contributed by atoms with Crippen LogP contribution in [-0.2, 0) is 19.1 Å². The molecule has 48 heavy (non-hydrogen) atoms. The van der Waals surface area contributed by atoms with Crippen LogP contribution in [0.4, 0.5) is 5.69 Å². The van der Waals surface area contributed by atoms with E-state index in [1.165, 1.54) is 24.2 Å². The van der Waals surface area contributed by atoms with Crippen molar-refractivity contribution in [1.29, 1.82) is 0 Å². The maximum Gasteiger partial charge on any atom is 0.242 e. The number of thioether (sulfide) groups is 1. The van der Waals surface area contributed by atoms with E-state index in [0.29, 0.717) is 36.0 Å². The first-order valence-corrected chi connectivity index (χ1v) is 20.0. The number of imide groups is 1. The molecule has 1 aromatic carbocycles. The number of unbranched alkanes of at least 4 members (excludes halogenated alkanes) is 2. The summed E-state index contributed by atoms with van der Waals surface area (Å²) < 4.78 is 5.72. The first-order chi connectivity index (χ1) is 23.0. The van der Waals surface area contributed by atoms with Gasteiger partial charge in [-0.1, -0.05) is 56.5 Å². The molecule has 11 heteroatoms. The average Bonchev–Trinajstić information content (AvgIpc) is 3.32. The van der Waals surface area contributed by atoms with Gasteiger partial charge in [0.25, 0.3) is 0 Å². The number of benzene rings is 1. The third-order valence-corrected chi connectivity index (χ3v) is 12.1. The van der Waals surface area contributed by atoms with E-state index in [9.17, 15) is 14.4 Å². The minimum Gasteiger partial charge on any atom is -0.381 e. The average molecular weight is 726 g/mol. The van der Waals surface area contributed by atoms with E-state index in [-0.39, 0.29) is 34.4 Å². The second-order valence-electron chi connectivity index (χ2n) is 15.0. The molecule has 3 aliphatic rings. The SMILES string of the molecule is CC(C)(C)CCOCCCSC1CC(=O)N(CCCCCC(=O)N[C@H]2CC[C@H](CCN3CCN(c4cccc(Cl)c4Cl)CC3)CC2)C1=O. The molecular formula is C37H58Cl2N4O4S. The molecule has 0 spiro atoms. The number of piperazine rings is 1. The highest BCUT2D eigenvalue weighted by Crippen LogP contribution is 2.33. The molecule has 3 fully saturated rings. The molecular weight excluding hydrogens is 667 g/mol. The standard InChI is InChI=1S/C37H58Cl2N4O4S/c1-37(2,3)17-25-47-24-8-26-48-32-27-34(45)43(36(32)46)18-6-4-5-11-33(44)40-29-14-12-28(13-15-29)16-19-41-20-22-42(23-21-41)31-10-7-9-30(38)35(31)39/h7,9-10,28-29,32H,4-6,8,11-27H2,1-3H3,(H,40,44)/t28-,29-,32?. The zero-order valence-corrected chi connectivity index (χ0v) is 31.8. The van der Waals surface area contributed by atoms with Crippen molar-refractivity contribution in [2.24, 2.45) is 11.3 Å². The van der Waals surface area contributed by atoms with Gasteiger partial charge in [-0.3, -0.25) is 24.2 Å². The quantitative estimate of drug-likeness (QED) is 0.125. The molecule has 1 unspecified atom stereocenters. The van der Waals surface area contributed by atoms with Gasteiger partial charge in [-0.15, -0.1) is 11.8 Å². The first-order valence-electron chi connectivity index (χ1n) is 18.2. The number of carbonyl (C=O) groups excluding carboxylic acids is 3. The highest BCUT2D eigenvalue weighted by atomic mass is 35.5. The lowest BCUT2D eigenvalue weighted by atomic mass is 9.84. The molecule has 8 nitrogen and oxygen atoms in total. The van der Waals surface area contributed by atoms with Gasteiger partial charge in [0.1, 0.15) is 0 Å². The number of hydrogen-bond acceptors (Lipinski definition) is 7. The lowest BCUT2D eigenvalue weighted by Crippen LogP contribution is -2.47. The maximum atomic E-state index is 12.8. The van der Waals surface area contributed by atoms with Crippen LogP contribution in [0.2, 0.25) is 10.0 Å². The van der Waals surface area contributed by atoms with Crippen molar-refractivity contribution in [2.45, 2.75) is 109 Å². The second-order valence-corrected chi connectivity index (χ2v) is 17.1. The zero-order chi connectivity index (χ0) is 34.5. The van der Waals surface area contributed by atoms with Crippen LogP contribution in [0.1, 0.15) is 97.8 Å². The van der Waals surface area contributed by atoms with E-state index in [0.717, 1.165) is 102 Å². The number of carbonyl (C=O) groups is 3. The number of anilines is 1. The van der Waals surface area contributed by atoms with Crippen molar-refractivity contribution in [3.8, 4) is 0 Å². The minimum absolute atomic E-state index is 0.0475. The van der Waals surface area contributed by atoms with Crippen LogP contribution in [0.5, 0.6) is 0 Å². The number of nitrogens with one attached hydrogen (secondary N) is 1. The van der Waals surface area contributed by atoms with Crippen molar-refractivity contribution in [1.82, 2.24) is 15.1 Å². The van der Waals surface area contributed by atoms with Crippen LogP contribution in [0.25, 0.3) is 0 Å². The fourth-order valence-corrected chi connectivity index (χ4v) is 8.34. The molecule has 0 radical (unpaired) electrons. The van der Waals surface area contributed by atoms with E-state index < -0.39 is 0 Å². The van der Waals surface area contributed by atoms with Gasteiger partial charge in [0, 0.05) is 64.8 Å². The Morgan fingerprint density at radius 3 is 2.44 bits per heavy atom. The van der Waals surface area contributed by atoms with Crippen molar-refractivity contribution >= 4 is 58.4 Å². The smallest absolute Gasteiger partial charge is 0.242 e. The van der Waals surface area contributed by atoms with Crippen LogP contribution < -0.4 is 10.2 Å². The van der Waals surface area contributed by atoms with Gasteiger partial charge in [0.05, 0.1) is 21.0 Å². The Kier molecular flexibility index (Phi) is 16.2. The summed E-state index contributed by atoms with van der Waals surface area (Å²) in [5.74, 6) is 1.57. The summed E-state index contributed by atoms with van der Waals surface area (Å²) in [6.45, 7) is 13.6. The molecule has 0 bridgehead atoms. The summed E-state index contributed by atoms with van der Waals surface area (Å²) >= 11 is 14.2. The molecule has 270 valence electrons. The zero-order valence-electron chi connectivity index (χ0n) is 29.5. The summed E-state index contributed by atoms with van der Waals surface area (Å²) in [7, 11) is 0. The van der Waals surface area contributed by atoms with Crippen LogP contribution in [-0.4, -0.2) is 97.0 Å². The number of hydrogen-bond donors (Lipinski definition) is 1. The van der Waals surface area contributed by atoms with Gasteiger partial charge in [-0.05, 0) is 93.6 Å². The fourth-order valence-electron chi connectivity index (χ4n) is 6.83. The second kappa shape index (κ2) is 19.8. The molecule has 0 aromatic heterocycles. The fraction of sp³-hybridized carbons (Fsp3) is 0.757. The Bertz CT molecular complexity index is 1180. The minimum atomic E-state index is -0.260.